The highest BCUT2D eigenvalue weighted by Gasteiger charge is 2.33. The molecule has 8 nitrogen and oxygen atoms in total. The first-order valence-electron chi connectivity index (χ1n) is 11.1. The molecule has 1 aliphatic rings. The van der Waals surface area contributed by atoms with Crippen LogP contribution in [0.5, 0.6) is 5.75 Å². The van der Waals surface area contributed by atoms with Gasteiger partial charge in [-0.15, -0.1) is 0 Å². The zero-order chi connectivity index (χ0) is 23.8. The minimum atomic E-state index is -3.61. The van der Waals surface area contributed by atoms with Crippen LogP contribution in [0.25, 0.3) is 0 Å². The van der Waals surface area contributed by atoms with Crippen LogP contribution in [-0.2, 0) is 26.2 Å². The number of aryl methyl sites for hydroxylation is 1. The van der Waals surface area contributed by atoms with Crippen LogP contribution in [0, 0.1) is 6.92 Å². The van der Waals surface area contributed by atoms with E-state index in [0.29, 0.717) is 18.7 Å². The van der Waals surface area contributed by atoms with Crippen LogP contribution in [0.15, 0.2) is 53.4 Å². The summed E-state index contributed by atoms with van der Waals surface area (Å²) >= 11 is 0. The highest BCUT2D eigenvalue weighted by Crippen LogP contribution is 2.27. The second-order valence-electron chi connectivity index (χ2n) is 8.15. The Kier molecular flexibility index (Phi) is 8.46. The van der Waals surface area contributed by atoms with Gasteiger partial charge in [0.2, 0.25) is 10.0 Å². The lowest BCUT2D eigenvalue weighted by atomic mass is 10.0. The van der Waals surface area contributed by atoms with Crippen molar-refractivity contribution in [2.75, 3.05) is 20.2 Å². The van der Waals surface area contributed by atoms with Gasteiger partial charge in [0.25, 0.3) is 0 Å². The van der Waals surface area contributed by atoms with Crippen molar-refractivity contribution in [3.63, 3.8) is 0 Å². The summed E-state index contributed by atoms with van der Waals surface area (Å²) in [6.07, 6.45) is 2.91. The zero-order valence-electron chi connectivity index (χ0n) is 19.0. The number of rotatable bonds is 8. The van der Waals surface area contributed by atoms with Crippen LogP contribution < -0.4 is 15.4 Å². The van der Waals surface area contributed by atoms with Crippen molar-refractivity contribution in [1.82, 2.24) is 14.9 Å². The molecule has 1 heterocycles. The number of nitrogens with zero attached hydrogens (tertiary/aromatic N) is 1. The summed E-state index contributed by atoms with van der Waals surface area (Å²) in [6.45, 7) is 2.81. The number of amides is 2. The molecule has 0 spiro atoms. The number of nitrogens with one attached hydrogen (secondary N) is 2. The number of hydrogen-bond donors (Lipinski definition) is 2. The molecule has 3 rings (SSSR count). The van der Waals surface area contributed by atoms with Crippen molar-refractivity contribution in [3.8, 4) is 5.75 Å². The van der Waals surface area contributed by atoms with Gasteiger partial charge >= 0.3 is 11.8 Å². The van der Waals surface area contributed by atoms with Gasteiger partial charge in [-0.25, -0.2) is 8.42 Å². The Morgan fingerprint density at radius 3 is 2.33 bits per heavy atom. The topological polar surface area (TPSA) is 105 Å². The Balaban J connectivity index is 1.50. The number of sulfonamides is 1. The molecule has 9 heteroatoms. The van der Waals surface area contributed by atoms with Gasteiger partial charge in [-0.3, -0.25) is 9.59 Å². The van der Waals surface area contributed by atoms with Crippen LogP contribution in [0.3, 0.4) is 0 Å². The summed E-state index contributed by atoms with van der Waals surface area (Å²) in [7, 11) is -2.03. The Morgan fingerprint density at radius 2 is 1.67 bits per heavy atom. The lowest BCUT2D eigenvalue weighted by molar-refractivity contribution is -0.139. The zero-order valence-corrected chi connectivity index (χ0v) is 19.9. The van der Waals surface area contributed by atoms with E-state index in [1.807, 2.05) is 19.1 Å². The normalized spacial score (nSPS) is 16.7. The van der Waals surface area contributed by atoms with E-state index in [9.17, 15) is 18.0 Å². The maximum absolute atomic E-state index is 13.1. The minimum absolute atomic E-state index is 0.215. The third-order valence-electron chi connectivity index (χ3n) is 5.78. The Morgan fingerprint density at radius 1 is 1.00 bits per heavy atom. The first-order valence-corrected chi connectivity index (χ1v) is 12.5. The summed E-state index contributed by atoms with van der Waals surface area (Å²) < 4.78 is 32.9. The highest BCUT2D eigenvalue weighted by atomic mass is 32.2. The molecule has 33 heavy (non-hydrogen) atoms. The predicted molar refractivity (Wildman–Crippen MR) is 125 cm³/mol. The standard InChI is InChI=1S/C24H31N3O5S/c1-18-6-12-22(13-7-18)33(30,31)27-16-4-3-5-20(27)14-15-25-23(28)24(29)26-17-19-8-10-21(32-2)11-9-19/h6-13,20H,3-5,14-17H2,1-2H3,(H,25,28)(H,26,29)/t20-/m0/s1. The van der Waals surface area contributed by atoms with Crippen molar-refractivity contribution in [2.45, 2.75) is 50.1 Å². The largest absolute Gasteiger partial charge is 0.497 e. The van der Waals surface area contributed by atoms with Gasteiger partial charge in [0, 0.05) is 25.7 Å². The highest BCUT2D eigenvalue weighted by molar-refractivity contribution is 7.89. The van der Waals surface area contributed by atoms with Crippen LogP contribution in [0.4, 0.5) is 0 Å². The van der Waals surface area contributed by atoms with Gasteiger partial charge in [0.05, 0.1) is 12.0 Å². The second-order valence-corrected chi connectivity index (χ2v) is 10.0. The lowest BCUT2D eigenvalue weighted by Gasteiger charge is -2.34. The summed E-state index contributed by atoms with van der Waals surface area (Å²) in [5.41, 5.74) is 1.84. The van der Waals surface area contributed by atoms with Gasteiger partial charge in [0.15, 0.2) is 0 Å². The molecular formula is C24H31N3O5S. The molecule has 1 atom stereocenters. The van der Waals surface area contributed by atoms with Crippen LogP contribution >= 0.6 is 0 Å². The predicted octanol–water partition coefficient (Wildman–Crippen LogP) is 2.37. The van der Waals surface area contributed by atoms with E-state index in [0.717, 1.165) is 30.4 Å². The molecule has 1 saturated heterocycles. The summed E-state index contributed by atoms with van der Waals surface area (Å²) in [6, 6.07) is 13.8. The molecule has 0 radical (unpaired) electrons. The molecule has 0 aliphatic carbocycles. The molecule has 2 amide bonds. The number of methoxy groups -OCH3 is 1. The maximum atomic E-state index is 13.1. The van der Waals surface area contributed by atoms with Crippen LogP contribution in [-0.4, -0.2) is 50.8 Å². The van der Waals surface area contributed by atoms with E-state index in [4.69, 9.17) is 4.74 Å². The monoisotopic (exact) mass is 473 g/mol. The summed E-state index contributed by atoms with van der Waals surface area (Å²) in [4.78, 5) is 24.5. The molecule has 1 fully saturated rings. The average Bonchev–Trinajstić information content (AvgIpc) is 2.83. The van der Waals surface area contributed by atoms with Crippen molar-refractivity contribution >= 4 is 21.8 Å². The SMILES string of the molecule is COc1ccc(CNC(=O)C(=O)NCC[C@@H]2CCCCN2S(=O)(=O)c2ccc(C)cc2)cc1. The molecule has 2 aromatic rings. The van der Waals surface area contributed by atoms with Gasteiger partial charge in [-0.05, 0) is 56.0 Å². The van der Waals surface area contributed by atoms with Gasteiger partial charge in [0.1, 0.15) is 5.75 Å². The molecule has 178 valence electrons. The Labute approximate surface area is 195 Å². The molecule has 2 N–H and O–H groups in total. The Hall–Kier alpha value is -2.91. The smallest absolute Gasteiger partial charge is 0.309 e. The third-order valence-corrected chi connectivity index (χ3v) is 7.75. The summed E-state index contributed by atoms with van der Waals surface area (Å²) in [5.74, 6) is -0.741. The third kappa shape index (κ3) is 6.55. The minimum Gasteiger partial charge on any atom is -0.497 e. The average molecular weight is 474 g/mol. The molecule has 0 aromatic heterocycles. The van der Waals surface area contributed by atoms with Crippen molar-refractivity contribution in [3.05, 3.63) is 59.7 Å². The van der Waals surface area contributed by atoms with E-state index in [-0.39, 0.29) is 24.0 Å². The first-order chi connectivity index (χ1) is 15.8. The fraction of sp³-hybridized carbons (Fsp3) is 0.417. The number of carbonyl (C=O) groups is 2. The number of carbonyl (C=O) groups excluding carboxylic acids is 2. The molecule has 0 unspecified atom stereocenters. The lowest BCUT2D eigenvalue weighted by Crippen LogP contribution is -2.46. The van der Waals surface area contributed by atoms with Gasteiger partial charge in [-0.1, -0.05) is 36.2 Å². The van der Waals surface area contributed by atoms with E-state index in [2.05, 4.69) is 10.6 Å². The summed E-state index contributed by atoms with van der Waals surface area (Å²) in [5, 5.41) is 5.20. The molecule has 0 bridgehead atoms. The second kappa shape index (κ2) is 11.3. The molecule has 1 aliphatic heterocycles. The van der Waals surface area contributed by atoms with Crippen molar-refractivity contribution in [2.24, 2.45) is 0 Å². The van der Waals surface area contributed by atoms with Gasteiger partial charge < -0.3 is 15.4 Å². The number of hydrogen-bond acceptors (Lipinski definition) is 5. The quantitative estimate of drug-likeness (QED) is 0.573. The van der Waals surface area contributed by atoms with Crippen LogP contribution in [0.1, 0.15) is 36.8 Å². The van der Waals surface area contributed by atoms with E-state index >= 15 is 0 Å². The van der Waals surface area contributed by atoms with E-state index in [1.165, 1.54) is 4.31 Å². The first kappa shape index (κ1) is 24.7. The number of piperidine rings is 1. The fourth-order valence-corrected chi connectivity index (χ4v) is 5.59. The fourth-order valence-electron chi connectivity index (χ4n) is 3.86. The number of benzene rings is 2. The van der Waals surface area contributed by atoms with Gasteiger partial charge in [-0.2, -0.15) is 4.31 Å². The van der Waals surface area contributed by atoms with Crippen molar-refractivity contribution < 1.29 is 22.7 Å². The van der Waals surface area contributed by atoms with Crippen molar-refractivity contribution in [1.29, 1.82) is 0 Å². The number of ether oxygens (including phenoxy) is 1. The Bertz CT molecular complexity index is 1050. The molecular weight excluding hydrogens is 442 g/mol. The maximum Gasteiger partial charge on any atom is 0.309 e. The van der Waals surface area contributed by atoms with E-state index < -0.39 is 21.8 Å². The van der Waals surface area contributed by atoms with Crippen LogP contribution in [0.2, 0.25) is 0 Å². The molecule has 0 saturated carbocycles. The molecule has 2 aromatic carbocycles. The van der Waals surface area contributed by atoms with E-state index in [1.54, 1.807) is 43.5 Å².